The standard InChI is InChI=1S/C25H16N2/c1-15-10-13-21-19(14-15)18-12-11-17-16-6-2-3-7-20(16)26-22-8-4-5-9-23(22)27(21)25(18)24(17)26/h2-14H,1H3. The molecule has 0 aliphatic carbocycles. The molecule has 0 saturated heterocycles. The molecule has 0 N–H and O–H groups in total. The van der Waals surface area contributed by atoms with Crippen LogP contribution < -0.4 is 0 Å². The van der Waals surface area contributed by atoms with E-state index in [2.05, 4.69) is 94.6 Å². The van der Waals surface area contributed by atoms with Crippen molar-refractivity contribution in [2.75, 3.05) is 0 Å². The molecule has 4 aromatic carbocycles. The van der Waals surface area contributed by atoms with E-state index >= 15 is 0 Å². The molecule has 0 bridgehead atoms. The summed E-state index contributed by atoms with van der Waals surface area (Å²) in [6.45, 7) is 2.17. The summed E-state index contributed by atoms with van der Waals surface area (Å²) < 4.78 is 4.91. The predicted octanol–water partition coefficient (Wildman–Crippen LogP) is 6.55. The SMILES string of the molecule is Cc1ccc2c(c1)c1ccc3c4ccccc4n4c5ccccc5n2c1c34. The number of benzene rings is 4. The molecule has 2 nitrogen and oxygen atoms in total. The summed E-state index contributed by atoms with van der Waals surface area (Å²) in [5, 5.41) is 5.31. The van der Waals surface area contributed by atoms with Crippen molar-refractivity contribution in [2.24, 2.45) is 0 Å². The van der Waals surface area contributed by atoms with Gasteiger partial charge >= 0.3 is 0 Å². The molecule has 27 heavy (non-hydrogen) atoms. The Labute approximate surface area is 155 Å². The van der Waals surface area contributed by atoms with Crippen LogP contribution in [0.15, 0.2) is 78.9 Å². The lowest BCUT2D eigenvalue weighted by Crippen LogP contribution is -1.96. The fraction of sp³-hybridized carbons (Fsp3) is 0.0400. The number of aryl methyl sites for hydroxylation is 1. The second-order valence-electron chi connectivity index (χ2n) is 7.56. The molecular weight excluding hydrogens is 328 g/mol. The molecule has 0 atom stereocenters. The number of fused-ring (bicyclic) bond motifs is 9. The first-order valence-electron chi connectivity index (χ1n) is 9.40. The minimum absolute atomic E-state index is 1.25. The summed E-state index contributed by atoms with van der Waals surface area (Å²) in [5.74, 6) is 0. The van der Waals surface area contributed by atoms with Gasteiger partial charge in [-0.3, -0.25) is 0 Å². The number of nitrogens with zero attached hydrogens (tertiary/aromatic N) is 2. The zero-order valence-electron chi connectivity index (χ0n) is 14.9. The Morgan fingerprint density at radius 3 is 1.74 bits per heavy atom. The molecule has 126 valence electrons. The van der Waals surface area contributed by atoms with Crippen molar-refractivity contribution >= 4 is 54.6 Å². The summed E-state index contributed by atoms with van der Waals surface area (Å²) in [5.41, 5.74) is 9.01. The van der Waals surface area contributed by atoms with Crippen molar-refractivity contribution in [1.29, 1.82) is 0 Å². The zero-order valence-corrected chi connectivity index (χ0v) is 14.9. The molecule has 3 aromatic heterocycles. The van der Waals surface area contributed by atoms with Crippen LogP contribution in [-0.4, -0.2) is 8.80 Å². The van der Waals surface area contributed by atoms with Crippen molar-refractivity contribution in [3.05, 3.63) is 84.4 Å². The molecule has 2 heteroatoms. The minimum atomic E-state index is 1.25. The molecule has 0 amide bonds. The van der Waals surface area contributed by atoms with Gasteiger partial charge < -0.3 is 8.80 Å². The third-order valence-electron chi connectivity index (χ3n) is 6.08. The topological polar surface area (TPSA) is 8.82 Å². The van der Waals surface area contributed by atoms with Gasteiger partial charge in [0.2, 0.25) is 0 Å². The molecule has 0 unspecified atom stereocenters. The normalized spacial score (nSPS) is 12.6. The van der Waals surface area contributed by atoms with Gasteiger partial charge in [-0.1, -0.05) is 54.1 Å². The Morgan fingerprint density at radius 1 is 0.481 bits per heavy atom. The van der Waals surface area contributed by atoms with E-state index in [0.717, 1.165) is 0 Å². The van der Waals surface area contributed by atoms with E-state index < -0.39 is 0 Å². The zero-order chi connectivity index (χ0) is 17.7. The van der Waals surface area contributed by atoms with Gasteiger partial charge in [0, 0.05) is 21.5 Å². The van der Waals surface area contributed by atoms with Gasteiger partial charge in [0.25, 0.3) is 0 Å². The second-order valence-corrected chi connectivity index (χ2v) is 7.56. The summed E-state index contributed by atoms with van der Waals surface area (Å²) >= 11 is 0. The molecule has 0 spiro atoms. The fourth-order valence-electron chi connectivity index (χ4n) is 5.01. The van der Waals surface area contributed by atoms with Crippen LogP contribution in [0.2, 0.25) is 0 Å². The van der Waals surface area contributed by atoms with E-state index in [1.165, 1.54) is 60.2 Å². The Morgan fingerprint density at radius 2 is 1.04 bits per heavy atom. The molecule has 0 fully saturated rings. The van der Waals surface area contributed by atoms with Crippen molar-refractivity contribution in [1.82, 2.24) is 8.80 Å². The molecule has 0 aliphatic rings. The van der Waals surface area contributed by atoms with Gasteiger partial charge in [-0.05, 0) is 37.3 Å². The van der Waals surface area contributed by atoms with Crippen LogP contribution in [0.3, 0.4) is 0 Å². The van der Waals surface area contributed by atoms with E-state index in [4.69, 9.17) is 0 Å². The number of para-hydroxylation sites is 3. The summed E-state index contributed by atoms with van der Waals surface area (Å²) in [6, 6.07) is 28.9. The lowest BCUT2D eigenvalue weighted by atomic mass is 10.1. The van der Waals surface area contributed by atoms with Gasteiger partial charge in [-0.25, -0.2) is 0 Å². The highest BCUT2D eigenvalue weighted by Gasteiger charge is 2.20. The summed E-state index contributed by atoms with van der Waals surface area (Å²) in [7, 11) is 0. The maximum Gasteiger partial charge on any atom is 0.0789 e. The molecule has 3 heterocycles. The Balaban J connectivity index is 2.00. The van der Waals surface area contributed by atoms with Crippen LogP contribution in [0, 0.1) is 6.92 Å². The van der Waals surface area contributed by atoms with E-state index in [0.29, 0.717) is 0 Å². The summed E-state index contributed by atoms with van der Waals surface area (Å²) in [4.78, 5) is 0. The van der Waals surface area contributed by atoms with Gasteiger partial charge in [-0.15, -0.1) is 0 Å². The van der Waals surface area contributed by atoms with E-state index in [1.54, 1.807) is 0 Å². The van der Waals surface area contributed by atoms with Crippen molar-refractivity contribution < 1.29 is 0 Å². The molecule has 7 rings (SSSR count). The highest BCUT2D eigenvalue weighted by Crippen LogP contribution is 2.41. The molecule has 0 radical (unpaired) electrons. The molecule has 7 aromatic rings. The van der Waals surface area contributed by atoms with Crippen molar-refractivity contribution in [2.45, 2.75) is 6.92 Å². The Kier molecular flexibility index (Phi) is 2.23. The average Bonchev–Trinajstić information content (AvgIpc) is 3.21. The van der Waals surface area contributed by atoms with Crippen LogP contribution in [0.25, 0.3) is 54.6 Å². The van der Waals surface area contributed by atoms with E-state index in [9.17, 15) is 0 Å². The van der Waals surface area contributed by atoms with Crippen LogP contribution in [-0.2, 0) is 0 Å². The quantitative estimate of drug-likeness (QED) is 0.276. The van der Waals surface area contributed by atoms with Gasteiger partial charge in [0.15, 0.2) is 0 Å². The molecule has 0 aliphatic heterocycles. The van der Waals surface area contributed by atoms with Crippen LogP contribution in [0.1, 0.15) is 5.56 Å². The largest absolute Gasteiger partial charge is 0.305 e. The first-order valence-corrected chi connectivity index (χ1v) is 9.40. The Hall–Kier alpha value is -3.52. The van der Waals surface area contributed by atoms with E-state index in [1.807, 2.05) is 0 Å². The lowest BCUT2D eigenvalue weighted by Gasteiger charge is -2.11. The van der Waals surface area contributed by atoms with Crippen molar-refractivity contribution in [3.8, 4) is 0 Å². The van der Waals surface area contributed by atoms with E-state index in [-0.39, 0.29) is 0 Å². The maximum atomic E-state index is 2.46. The van der Waals surface area contributed by atoms with Gasteiger partial charge in [0.05, 0.1) is 33.1 Å². The number of hydrogen-bond donors (Lipinski definition) is 0. The monoisotopic (exact) mass is 344 g/mol. The number of aromatic nitrogens is 2. The highest BCUT2D eigenvalue weighted by atomic mass is 15.0. The van der Waals surface area contributed by atoms with Crippen LogP contribution in [0.5, 0.6) is 0 Å². The highest BCUT2D eigenvalue weighted by molar-refractivity contribution is 6.25. The fourth-order valence-corrected chi connectivity index (χ4v) is 5.01. The first-order chi connectivity index (χ1) is 13.3. The molecule has 0 saturated carbocycles. The summed E-state index contributed by atoms with van der Waals surface area (Å²) in [6.07, 6.45) is 0. The second kappa shape index (κ2) is 4.41. The lowest BCUT2D eigenvalue weighted by molar-refractivity contribution is 1.25. The number of hydrogen-bond acceptors (Lipinski definition) is 0. The first kappa shape index (κ1) is 13.7. The minimum Gasteiger partial charge on any atom is -0.305 e. The van der Waals surface area contributed by atoms with Gasteiger partial charge in [0.1, 0.15) is 0 Å². The van der Waals surface area contributed by atoms with Crippen molar-refractivity contribution in [3.63, 3.8) is 0 Å². The third-order valence-corrected chi connectivity index (χ3v) is 6.08. The van der Waals surface area contributed by atoms with Gasteiger partial charge in [-0.2, -0.15) is 0 Å². The molecular formula is C25H16N2. The average molecular weight is 344 g/mol. The van der Waals surface area contributed by atoms with Crippen LogP contribution in [0.4, 0.5) is 0 Å². The number of rotatable bonds is 0. The predicted molar refractivity (Wildman–Crippen MR) is 114 cm³/mol. The van der Waals surface area contributed by atoms with Crippen LogP contribution >= 0.6 is 0 Å². The Bertz CT molecular complexity index is 1680. The third kappa shape index (κ3) is 1.46. The maximum absolute atomic E-state index is 2.46. The smallest absolute Gasteiger partial charge is 0.0789 e.